The van der Waals surface area contributed by atoms with E-state index >= 15 is 0 Å². The second-order valence-corrected chi connectivity index (χ2v) is 14.0. The predicted octanol–water partition coefficient (Wildman–Crippen LogP) is 13.2. The average Bonchev–Trinajstić information content (AvgIpc) is 3.76. The van der Waals surface area contributed by atoms with Gasteiger partial charge in [0.2, 0.25) is 5.95 Å². The lowest BCUT2D eigenvalue weighted by molar-refractivity contribution is 0.995. The Balaban J connectivity index is 1.13. The zero-order valence-electron chi connectivity index (χ0n) is 27.9. The van der Waals surface area contributed by atoms with E-state index in [2.05, 4.69) is 137 Å². The van der Waals surface area contributed by atoms with Crippen LogP contribution in [0.1, 0.15) is 0 Å². The molecule has 0 N–H and O–H groups in total. The summed E-state index contributed by atoms with van der Waals surface area (Å²) in [4.78, 5) is 14.0. The molecule has 3 heterocycles. The molecule has 5 heteroatoms. The van der Waals surface area contributed by atoms with E-state index in [9.17, 15) is 0 Å². The van der Waals surface area contributed by atoms with Crippen molar-refractivity contribution in [2.75, 3.05) is 0 Å². The zero-order valence-corrected chi connectivity index (χ0v) is 28.7. The van der Waals surface area contributed by atoms with Gasteiger partial charge in [0.25, 0.3) is 0 Å². The standard InChI is InChI=1S/C47H28N4S/c1-48-36-23-19-31(20-24-36)30-15-17-33(18-16-30)42-29-41(32-9-3-2-4-10-32)49-47(50-42)51-43-13-7-5-11-37(43)39-27-34(21-25-44(39)51)35-22-26-46-40(28-35)38-12-6-8-14-45(38)52-46/h2-29H. The van der Waals surface area contributed by atoms with Crippen LogP contribution in [0, 0.1) is 6.57 Å². The van der Waals surface area contributed by atoms with Crippen molar-refractivity contribution in [2.24, 2.45) is 0 Å². The van der Waals surface area contributed by atoms with Gasteiger partial charge in [-0.25, -0.2) is 14.8 Å². The highest BCUT2D eigenvalue weighted by atomic mass is 32.1. The summed E-state index contributed by atoms with van der Waals surface area (Å²) in [6, 6.07) is 59.3. The van der Waals surface area contributed by atoms with Gasteiger partial charge in [0.1, 0.15) is 0 Å². The van der Waals surface area contributed by atoms with E-state index in [0.29, 0.717) is 11.6 Å². The highest BCUT2D eigenvalue weighted by molar-refractivity contribution is 7.25. The molecule has 0 spiro atoms. The minimum absolute atomic E-state index is 0.625. The van der Waals surface area contributed by atoms with Gasteiger partial charge in [-0.05, 0) is 64.7 Å². The molecular formula is C47H28N4S. The summed E-state index contributed by atoms with van der Waals surface area (Å²) in [6.07, 6.45) is 0. The molecule has 10 aromatic rings. The van der Waals surface area contributed by atoms with Crippen LogP contribution in [0.5, 0.6) is 0 Å². The number of fused-ring (bicyclic) bond motifs is 6. The third kappa shape index (κ3) is 5.05. The number of nitrogens with zero attached hydrogens (tertiary/aromatic N) is 4. The highest BCUT2D eigenvalue weighted by Crippen LogP contribution is 2.39. The van der Waals surface area contributed by atoms with Gasteiger partial charge in [0, 0.05) is 42.1 Å². The summed E-state index contributed by atoms with van der Waals surface area (Å²) in [5.41, 5.74) is 11.0. The van der Waals surface area contributed by atoms with Crippen LogP contribution < -0.4 is 0 Å². The molecule has 0 aliphatic rings. The fraction of sp³-hybridized carbons (Fsp3) is 0. The number of rotatable bonds is 5. The van der Waals surface area contributed by atoms with E-state index in [4.69, 9.17) is 16.5 Å². The monoisotopic (exact) mass is 680 g/mol. The van der Waals surface area contributed by atoms with Crippen molar-refractivity contribution < 1.29 is 0 Å². The maximum absolute atomic E-state index is 7.28. The topological polar surface area (TPSA) is 35.1 Å². The van der Waals surface area contributed by atoms with Gasteiger partial charge >= 0.3 is 0 Å². The Morgan fingerprint density at radius 3 is 1.71 bits per heavy atom. The Labute approximate surface area is 304 Å². The van der Waals surface area contributed by atoms with Crippen molar-refractivity contribution in [1.29, 1.82) is 0 Å². The van der Waals surface area contributed by atoms with E-state index < -0.39 is 0 Å². The second-order valence-electron chi connectivity index (χ2n) is 12.9. The summed E-state index contributed by atoms with van der Waals surface area (Å²) < 4.78 is 4.82. The summed E-state index contributed by atoms with van der Waals surface area (Å²) in [5.74, 6) is 0.625. The lowest BCUT2D eigenvalue weighted by atomic mass is 10.0. The molecule has 0 atom stereocenters. The molecule has 242 valence electrons. The fourth-order valence-corrected chi connectivity index (χ4v) is 8.36. The number of hydrogen-bond donors (Lipinski definition) is 0. The molecule has 0 saturated carbocycles. The van der Waals surface area contributed by atoms with Crippen LogP contribution in [0.2, 0.25) is 0 Å². The fourth-order valence-electron chi connectivity index (χ4n) is 7.27. The van der Waals surface area contributed by atoms with Gasteiger partial charge in [-0.2, -0.15) is 0 Å². The highest BCUT2D eigenvalue weighted by Gasteiger charge is 2.18. The van der Waals surface area contributed by atoms with Crippen LogP contribution in [0.25, 0.3) is 97.5 Å². The quantitative estimate of drug-likeness (QED) is 0.170. The third-order valence-electron chi connectivity index (χ3n) is 9.88. The molecular weight excluding hydrogens is 653 g/mol. The SMILES string of the molecule is [C-]#[N+]c1ccc(-c2ccc(-c3cc(-c4ccccc4)nc(-n4c5ccccc5c5cc(-c6ccc7sc8ccccc8c7c6)ccc54)n3)cc2)cc1. The van der Waals surface area contributed by atoms with Crippen molar-refractivity contribution in [3.63, 3.8) is 0 Å². The number of hydrogen-bond acceptors (Lipinski definition) is 3. The zero-order chi connectivity index (χ0) is 34.6. The summed E-state index contributed by atoms with van der Waals surface area (Å²) in [6.45, 7) is 7.28. The Hall–Kier alpha value is -6.87. The minimum atomic E-state index is 0.625. The summed E-state index contributed by atoms with van der Waals surface area (Å²) >= 11 is 1.84. The van der Waals surface area contributed by atoms with Crippen LogP contribution in [-0.4, -0.2) is 14.5 Å². The largest absolute Gasteiger partial charge is 0.278 e. The maximum Gasteiger partial charge on any atom is 0.235 e. The molecule has 3 aromatic heterocycles. The molecule has 0 radical (unpaired) electrons. The Bertz CT molecular complexity index is 3000. The minimum Gasteiger partial charge on any atom is -0.278 e. The molecule has 0 saturated heterocycles. The molecule has 10 rings (SSSR count). The van der Waals surface area contributed by atoms with Crippen molar-refractivity contribution in [1.82, 2.24) is 14.5 Å². The second kappa shape index (κ2) is 12.2. The predicted molar refractivity (Wildman–Crippen MR) is 217 cm³/mol. The van der Waals surface area contributed by atoms with Crippen LogP contribution in [-0.2, 0) is 0 Å². The third-order valence-corrected chi connectivity index (χ3v) is 11.0. The van der Waals surface area contributed by atoms with Crippen molar-refractivity contribution in [2.45, 2.75) is 0 Å². The van der Waals surface area contributed by atoms with Crippen molar-refractivity contribution in [3.05, 3.63) is 181 Å². The Morgan fingerprint density at radius 2 is 0.962 bits per heavy atom. The van der Waals surface area contributed by atoms with E-state index in [-0.39, 0.29) is 0 Å². The number of thiophene rings is 1. The van der Waals surface area contributed by atoms with Crippen LogP contribution in [0.4, 0.5) is 5.69 Å². The Morgan fingerprint density at radius 1 is 0.423 bits per heavy atom. The van der Waals surface area contributed by atoms with Gasteiger partial charge in [0.15, 0.2) is 5.69 Å². The molecule has 0 aliphatic heterocycles. The first kappa shape index (κ1) is 30.0. The molecule has 0 bridgehead atoms. The molecule has 0 fully saturated rings. The summed E-state index contributed by atoms with van der Waals surface area (Å²) in [5, 5.41) is 4.92. The summed E-state index contributed by atoms with van der Waals surface area (Å²) in [7, 11) is 0. The Kier molecular flexibility index (Phi) is 7.02. The van der Waals surface area contributed by atoms with Gasteiger partial charge in [0.05, 0.1) is 29.0 Å². The van der Waals surface area contributed by atoms with Gasteiger partial charge in [-0.1, -0.05) is 127 Å². The van der Waals surface area contributed by atoms with E-state index in [1.807, 2.05) is 53.8 Å². The molecule has 0 amide bonds. The molecule has 4 nitrogen and oxygen atoms in total. The lowest BCUT2D eigenvalue weighted by Gasteiger charge is -2.12. The molecule has 7 aromatic carbocycles. The van der Waals surface area contributed by atoms with E-state index in [0.717, 1.165) is 55.4 Å². The number of para-hydroxylation sites is 1. The van der Waals surface area contributed by atoms with E-state index in [1.54, 1.807) is 0 Å². The number of aromatic nitrogens is 3. The van der Waals surface area contributed by atoms with Crippen LogP contribution >= 0.6 is 11.3 Å². The van der Waals surface area contributed by atoms with E-state index in [1.165, 1.54) is 31.3 Å². The molecule has 0 aliphatic carbocycles. The van der Waals surface area contributed by atoms with Crippen LogP contribution in [0.3, 0.4) is 0 Å². The normalized spacial score (nSPS) is 11.4. The average molecular weight is 681 g/mol. The van der Waals surface area contributed by atoms with Gasteiger partial charge < -0.3 is 0 Å². The lowest BCUT2D eigenvalue weighted by Crippen LogP contribution is -2.04. The van der Waals surface area contributed by atoms with Crippen LogP contribution in [0.15, 0.2) is 170 Å². The smallest absolute Gasteiger partial charge is 0.235 e. The van der Waals surface area contributed by atoms with Gasteiger partial charge in [-0.15, -0.1) is 11.3 Å². The first-order valence-corrected chi connectivity index (χ1v) is 18.0. The first-order valence-electron chi connectivity index (χ1n) is 17.2. The van der Waals surface area contributed by atoms with Crippen molar-refractivity contribution in [3.8, 4) is 50.7 Å². The first-order chi connectivity index (χ1) is 25.7. The molecule has 52 heavy (non-hydrogen) atoms. The maximum atomic E-state index is 7.28. The number of benzene rings is 7. The molecule has 0 unspecified atom stereocenters. The van der Waals surface area contributed by atoms with Gasteiger partial charge in [-0.3, -0.25) is 4.57 Å². The van der Waals surface area contributed by atoms with Crippen molar-refractivity contribution >= 4 is 59.0 Å².